The summed E-state index contributed by atoms with van der Waals surface area (Å²) < 4.78 is 0. The van der Waals surface area contributed by atoms with Crippen LogP contribution in [-0.2, 0) is 0 Å². The Morgan fingerprint density at radius 2 is 1.82 bits per heavy atom. The number of nitrogens with one attached hydrogen (secondary N) is 2. The van der Waals surface area contributed by atoms with Crippen molar-refractivity contribution in [3.63, 3.8) is 0 Å². The predicted molar refractivity (Wildman–Crippen MR) is 85.9 cm³/mol. The number of benzene rings is 1. The van der Waals surface area contributed by atoms with Gasteiger partial charge < -0.3 is 10.6 Å². The van der Waals surface area contributed by atoms with Crippen LogP contribution in [0.3, 0.4) is 0 Å². The highest BCUT2D eigenvalue weighted by molar-refractivity contribution is 6.05. The van der Waals surface area contributed by atoms with Crippen molar-refractivity contribution in [1.82, 2.24) is 10.3 Å². The summed E-state index contributed by atoms with van der Waals surface area (Å²) in [5.41, 5.74) is 1.62. The molecule has 0 aliphatic rings. The molecule has 2 amide bonds. The van der Waals surface area contributed by atoms with E-state index in [1.165, 1.54) is 0 Å². The van der Waals surface area contributed by atoms with E-state index >= 15 is 0 Å². The monoisotopic (exact) mass is 297 g/mol. The van der Waals surface area contributed by atoms with E-state index in [2.05, 4.69) is 15.6 Å². The van der Waals surface area contributed by atoms with E-state index in [-0.39, 0.29) is 17.9 Å². The van der Waals surface area contributed by atoms with Gasteiger partial charge in [0.1, 0.15) is 0 Å². The molecule has 5 heteroatoms. The normalized spacial score (nSPS) is 11.5. The molecular weight excluding hydrogens is 278 g/mol. The lowest BCUT2D eigenvalue weighted by atomic mass is 10.1. The summed E-state index contributed by atoms with van der Waals surface area (Å²) in [6, 6.07) is 10.3. The van der Waals surface area contributed by atoms with Crippen LogP contribution in [-0.4, -0.2) is 22.8 Å². The molecule has 0 radical (unpaired) electrons. The summed E-state index contributed by atoms with van der Waals surface area (Å²) in [7, 11) is 0. The largest absolute Gasteiger partial charge is 0.350 e. The Hall–Kier alpha value is -2.69. The molecule has 114 valence electrons. The Morgan fingerprint density at radius 1 is 1.09 bits per heavy atom. The highest BCUT2D eigenvalue weighted by Gasteiger charge is 2.10. The zero-order valence-electron chi connectivity index (χ0n) is 12.7. The lowest BCUT2D eigenvalue weighted by Crippen LogP contribution is -2.31. The van der Waals surface area contributed by atoms with Gasteiger partial charge in [-0.15, -0.1) is 0 Å². The van der Waals surface area contributed by atoms with E-state index < -0.39 is 0 Å². The molecule has 1 unspecified atom stereocenters. The summed E-state index contributed by atoms with van der Waals surface area (Å²) in [6.45, 7) is 3.96. The molecule has 1 aromatic carbocycles. The van der Waals surface area contributed by atoms with Gasteiger partial charge in [-0.25, -0.2) is 0 Å². The summed E-state index contributed by atoms with van der Waals surface area (Å²) in [4.78, 5) is 28.0. The van der Waals surface area contributed by atoms with Crippen molar-refractivity contribution < 1.29 is 9.59 Å². The van der Waals surface area contributed by atoms with Gasteiger partial charge in [0.25, 0.3) is 11.8 Å². The van der Waals surface area contributed by atoms with Crippen LogP contribution in [0, 0.1) is 0 Å². The molecule has 1 aromatic heterocycles. The van der Waals surface area contributed by atoms with Gasteiger partial charge >= 0.3 is 0 Å². The highest BCUT2D eigenvalue weighted by Crippen LogP contribution is 2.12. The molecule has 0 saturated carbocycles. The molecule has 2 N–H and O–H groups in total. The van der Waals surface area contributed by atoms with Crippen LogP contribution in [0.2, 0.25) is 0 Å². The number of aromatic nitrogens is 1. The Morgan fingerprint density at radius 3 is 2.50 bits per heavy atom. The van der Waals surface area contributed by atoms with Crippen LogP contribution in [0.4, 0.5) is 5.69 Å². The third kappa shape index (κ3) is 4.15. The van der Waals surface area contributed by atoms with Crippen LogP contribution in [0.1, 0.15) is 41.0 Å². The minimum absolute atomic E-state index is 0.113. The summed E-state index contributed by atoms with van der Waals surface area (Å²) in [5, 5.41) is 5.67. The van der Waals surface area contributed by atoms with Crippen LogP contribution in [0.5, 0.6) is 0 Å². The lowest BCUT2D eigenvalue weighted by Gasteiger charge is -2.12. The molecular formula is C17H19N3O2. The summed E-state index contributed by atoms with van der Waals surface area (Å²) in [6.07, 6.45) is 3.99. The number of carbonyl (C=O) groups is 2. The topological polar surface area (TPSA) is 71.1 Å². The summed E-state index contributed by atoms with van der Waals surface area (Å²) in [5.74, 6) is -0.378. The van der Waals surface area contributed by atoms with Crippen LogP contribution >= 0.6 is 0 Å². The molecule has 22 heavy (non-hydrogen) atoms. The van der Waals surface area contributed by atoms with Gasteiger partial charge in [0.15, 0.2) is 0 Å². The van der Waals surface area contributed by atoms with Crippen LogP contribution < -0.4 is 10.6 Å². The third-order valence-corrected chi connectivity index (χ3v) is 3.32. The van der Waals surface area contributed by atoms with E-state index in [9.17, 15) is 9.59 Å². The first-order valence-electron chi connectivity index (χ1n) is 7.22. The number of amides is 2. The van der Waals surface area contributed by atoms with Gasteiger partial charge in [-0.2, -0.15) is 0 Å². The van der Waals surface area contributed by atoms with Crippen molar-refractivity contribution in [2.75, 3.05) is 5.32 Å². The average Bonchev–Trinajstić information content (AvgIpc) is 2.55. The second-order valence-electron chi connectivity index (χ2n) is 5.05. The van der Waals surface area contributed by atoms with E-state index in [0.717, 1.165) is 6.42 Å². The molecule has 0 spiro atoms. The van der Waals surface area contributed by atoms with Gasteiger partial charge in [0.2, 0.25) is 0 Å². The molecule has 0 saturated heterocycles. The lowest BCUT2D eigenvalue weighted by molar-refractivity contribution is 0.0938. The SMILES string of the molecule is CCC(C)NC(=O)c1cccc(NC(=O)c2ccncc2)c1. The second-order valence-corrected chi connectivity index (χ2v) is 5.05. The Labute approximate surface area is 129 Å². The van der Waals surface area contributed by atoms with Gasteiger partial charge in [0, 0.05) is 35.2 Å². The van der Waals surface area contributed by atoms with Gasteiger partial charge in [-0.3, -0.25) is 14.6 Å². The van der Waals surface area contributed by atoms with Crippen molar-refractivity contribution in [3.05, 3.63) is 59.9 Å². The molecule has 0 aliphatic carbocycles. The standard InChI is InChI=1S/C17H19N3O2/c1-3-12(2)19-17(22)14-5-4-6-15(11-14)20-16(21)13-7-9-18-10-8-13/h4-12H,3H2,1-2H3,(H,19,22)(H,20,21). The Kier molecular flexibility index (Phi) is 5.25. The highest BCUT2D eigenvalue weighted by atomic mass is 16.2. The molecule has 0 aliphatic heterocycles. The summed E-state index contributed by atoms with van der Waals surface area (Å²) >= 11 is 0. The van der Waals surface area contributed by atoms with Crippen molar-refractivity contribution in [2.45, 2.75) is 26.3 Å². The zero-order chi connectivity index (χ0) is 15.9. The first kappa shape index (κ1) is 15.7. The van der Waals surface area contributed by atoms with Crippen LogP contribution in [0.15, 0.2) is 48.8 Å². The quantitative estimate of drug-likeness (QED) is 0.891. The van der Waals surface area contributed by atoms with Crippen molar-refractivity contribution in [3.8, 4) is 0 Å². The smallest absolute Gasteiger partial charge is 0.255 e. The number of rotatable bonds is 5. The maximum absolute atomic E-state index is 12.1. The van der Waals surface area contributed by atoms with Crippen molar-refractivity contribution in [2.24, 2.45) is 0 Å². The van der Waals surface area contributed by atoms with Crippen molar-refractivity contribution in [1.29, 1.82) is 0 Å². The van der Waals surface area contributed by atoms with Gasteiger partial charge in [-0.1, -0.05) is 13.0 Å². The third-order valence-electron chi connectivity index (χ3n) is 3.32. The molecule has 5 nitrogen and oxygen atoms in total. The fraction of sp³-hybridized carbons (Fsp3) is 0.235. The first-order chi connectivity index (χ1) is 10.6. The predicted octanol–water partition coefficient (Wildman–Crippen LogP) is 2.86. The number of hydrogen-bond donors (Lipinski definition) is 2. The average molecular weight is 297 g/mol. The number of hydrogen-bond acceptors (Lipinski definition) is 3. The molecule has 1 heterocycles. The van der Waals surface area contributed by atoms with E-state index in [4.69, 9.17) is 0 Å². The molecule has 0 fully saturated rings. The van der Waals surface area contributed by atoms with E-state index in [1.807, 2.05) is 13.8 Å². The number of pyridine rings is 1. The fourth-order valence-corrected chi connectivity index (χ4v) is 1.85. The zero-order valence-corrected chi connectivity index (χ0v) is 12.7. The Balaban J connectivity index is 2.08. The fourth-order valence-electron chi connectivity index (χ4n) is 1.85. The first-order valence-corrected chi connectivity index (χ1v) is 7.22. The minimum atomic E-state index is -0.234. The second kappa shape index (κ2) is 7.36. The van der Waals surface area contributed by atoms with Crippen LogP contribution in [0.25, 0.3) is 0 Å². The maximum atomic E-state index is 12.1. The number of carbonyl (C=O) groups excluding carboxylic acids is 2. The minimum Gasteiger partial charge on any atom is -0.350 e. The van der Waals surface area contributed by atoms with E-state index in [1.54, 1.807) is 48.8 Å². The van der Waals surface area contributed by atoms with Crippen molar-refractivity contribution >= 4 is 17.5 Å². The maximum Gasteiger partial charge on any atom is 0.255 e. The number of nitrogens with zero attached hydrogens (tertiary/aromatic N) is 1. The molecule has 1 atom stereocenters. The Bertz CT molecular complexity index is 656. The van der Waals surface area contributed by atoms with Gasteiger partial charge in [0.05, 0.1) is 0 Å². The molecule has 2 aromatic rings. The number of anilines is 1. The van der Waals surface area contributed by atoms with E-state index in [0.29, 0.717) is 16.8 Å². The molecule has 2 rings (SSSR count). The molecule has 0 bridgehead atoms. The van der Waals surface area contributed by atoms with Gasteiger partial charge in [-0.05, 0) is 43.7 Å².